The van der Waals surface area contributed by atoms with E-state index < -0.39 is 31.3 Å². The van der Waals surface area contributed by atoms with Gasteiger partial charge in [0.05, 0.1) is 30.9 Å². The number of ether oxygens (including phenoxy) is 2. The summed E-state index contributed by atoms with van der Waals surface area (Å²) in [4.78, 5) is 25.8. The molecule has 11 heteroatoms. The van der Waals surface area contributed by atoms with Crippen LogP contribution in [0, 0.1) is 6.92 Å². The van der Waals surface area contributed by atoms with Crippen molar-refractivity contribution in [2.24, 2.45) is 10.7 Å². The van der Waals surface area contributed by atoms with E-state index in [0.717, 1.165) is 0 Å². The number of hydrogen-bond acceptors (Lipinski definition) is 9. The third-order valence-corrected chi connectivity index (χ3v) is 9.53. The van der Waals surface area contributed by atoms with Crippen molar-refractivity contribution in [3.63, 3.8) is 0 Å². The molecule has 2 aromatic rings. The molecule has 1 amide bonds. The average molecular weight is 474 g/mol. The fraction of sp³-hybridized carbons (Fsp3) is 0.455. The van der Waals surface area contributed by atoms with Gasteiger partial charge in [0, 0.05) is 17.7 Å². The Balaban J connectivity index is 1.76. The van der Waals surface area contributed by atoms with Crippen LogP contribution in [-0.4, -0.2) is 53.8 Å². The molecule has 1 aromatic heterocycles. The zero-order valence-electron chi connectivity index (χ0n) is 19.2. The summed E-state index contributed by atoms with van der Waals surface area (Å²) in [6.07, 6.45) is 1.64. The Morgan fingerprint density at radius 2 is 2.03 bits per heavy atom. The van der Waals surface area contributed by atoms with Crippen LogP contribution in [0.25, 0.3) is 0 Å². The number of sulfone groups is 1. The molecule has 0 bridgehead atoms. The van der Waals surface area contributed by atoms with E-state index in [9.17, 15) is 13.2 Å². The second-order valence-electron chi connectivity index (χ2n) is 8.84. The fourth-order valence-electron chi connectivity index (χ4n) is 4.31. The molecule has 10 nitrogen and oxygen atoms in total. The number of aromatic nitrogens is 2. The number of nitrogens with one attached hydrogen (secondary N) is 1. The van der Waals surface area contributed by atoms with Gasteiger partial charge in [-0.1, -0.05) is 0 Å². The van der Waals surface area contributed by atoms with E-state index in [0.29, 0.717) is 28.6 Å². The summed E-state index contributed by atoms with van der Waals surface area (Å²) in [5, 5.41) is 1.98. The Morgan fingerprint density at radius 1 is 1.30 bits per heavy atom. The van der Waals surface area contributed by atoms with E-state index in [4.69, 9.17) is 15.2 Å². The van der Waals surface area contributed by atoms with Gasteiger partial charge >= 0.3 is 0 Å². The van der Waals surface area contributed by atoms with Gasteiger partial charge in [0.15, 0.2) is 9.84 Å². The molecule has 0 saturated heterocycles. The first-order chi connectivity index (χ1) is 15.4. The first-order valence-electron chi connectivity index (χ1n) is 10.5. The van der Waals surface area contributed by atoms with Crippen molar-refractivity contribution in [2.45, 2.75) is 49.7 Å². The highest BCUT2D eigenvalue weighted by Crippen LogP contribution is 2.48. The normalized spacial score (nSPS) is 24.9. The molecule has 1 aromatic carbocycles. The molecular formula is C22H27N5O5S. The van der Waals surface area contributed by atoms with Gasteiger partial charge in [0.25, 0.3) is 5.91 Å². The average Bonchev–Trinajstić information content (AvgIpc) is 2.89. The lowest BCUT2D eigenvalue weighted by molar-refractivity contribution is 0.102. The molecule has 0 radical (unpaired) electrons. The highest BCUT2D eigenvalue weighted by atomic mass is 32.2. The Kier molecular flexibility index (Phi) is 5.35. The minimum Gasteiger partial charge on any atom is -0.493 e. The predicted molar refractivity (Wildman–Crippen MR) is 124 cm³/mol. The molecule has 0 unspecified atom stereocenters. The van der Waals surface area contributed by atoms with E-state index >= 15 is 0 Å². The van der Waals surface area contributed by atoms with Crippen LogP contribution in [0.2, 0.25) is 0 Å². The molecule has 0 saturated carbocycles. The maximum absolute atomic E-state index is 13.5. The molecule has 2 atom stereocenters. The number of rotatable bonds is 3. The number of nitrogens with two attached hydrogens (primary N) is 1. The van der Waals surface area contributed by atoms with E-state index in [1.807, 2.05) is 0 Å². The fourth-order valence-corrected chi connectivity index (χ4v) is 6.55. The highest BCUT2D eigenvalue weighted by molar-refractivity contribution is 7.94. The molecular weight excluding hydrogens is 446 g/mol. The maximum Gasteiger partial charge on any atom is 0.276 e. The summed E-state index contributed by atoms with van der Waals surface area (Å²) in [7, 11) is -2.21. The van der Waals surface area contributed by atoms with Gasteiger partial charge in [0.1, 0.15) is 27.6 Å². The van der Waals surface area contributed by atoms with Crippen molar-refractivity contribution in [1.82, 2.24) is 9.97 Å². The van der Waals surface area contributed by atoms with Crippen molar-refractivity contribution < 1.29 is 22.7 Å². The van der Waals surface area contributed by atoms with Crippen LogP contribution in [0.5, 0.6) is 11.6 Å². The lowest BCUT2D eigenvalue weighted by Crippen LogP contribution is -2.59. The summed E-state index contributed by atoms with van der Waals surface area (Å²) >= 11 is 0. The number of benzene rings is 1. The Hall–Kier alpha value is -3.21. The number of methoxy groups -OCH3 is 1. The van der Waals surface area contributed by atoms with Gasteiger partial charge in [0.2, 0.25) is 5.88 Å². The maximum atomic E-state index is 13.5. The number of amides is 1. The summed E-state index contributed by atoms with van der Waals surface area (Å²) in [5.74, 6) is 0.402. The van der Waals surface area contributed by atoms with Gasteiger partial charge < -0.3 is 20.5 Å². The quantitative estimate of drug-likeness (QED) is 0.688. The van der Waals surface area contributed by atoms with Crippen LogP contribution in [0.3, 0.4) is 0 Å². The smallest absolute Gasteiger partial charge is 0.276 e. The molecule has 3 N–H and O–H groups in total. The lowest BCUT2D eigenvalue weighted by Gasteiger charge is -2.43. The van der Waals surface area contributed by atoms with Gasteiger partial charge in [-0.2, -0.15) is 0 Å². The first-order valence-corrected chi connectivity index (χ1v) is 12.0. The number of anilines is 1. The Morgan fingerprint density at radius 3 is 2.70 bits per heavy atom. The Bertz CT molecular complexity index is 1270. The summed E-state index contributed by atoms with van der Waals surface area (Å²) in [6, 6.07) is 5.06. The molecule has 4 rings (SSSR count). The second-order valence-corrected chi connectivity index (χ2v) is 11.5. The van der Waals surface area contributed by atoms with E-state index in [2.05, 4.69) is 20.3 Å². The topological polar surface area (TPSA) is 146 Å². The molecule has 33 heavy (non-hydrogen) atoms. The summed E-state index contributed by atoms with van der Waals surface area (Å²) in [6.45, 7) is 6.78. The number of aryl methyl sites for hydroxylation is 1. The highest BCUT2D eigenvalue weighted by Gasteiger charge is 2.57. The molecule has 2 aliphatic heterocycles. The predicted octanol–water partition coefficient (Wildman–Crippen LogP) is 1.98. The molecule has 0 fully saturated rings. The summed E-state index contributed by atoms with van der Waals surface area (Å²) < 4.78 is 36.6. The van der Waals surface area contributed by atoms with E-state index in [1.54, 1.807) is 45.9 Å². The Labute approximate surface area is 192 Å². The lowest BCUT2D eigenvalue weighted by atomic mass is 9.86. The van der Waals surface area contributed by atoms with Crippen molar-refractivity contribution in [3.05, 3.63) is 41.3 Å². The van der Waals surface area contributed by atoms with Crippen molar-refractivity contribution >= 4 is 27.3 Å². The second kappa shape index (κ2) is 7.68. The van der Waals surface area contributed by atoms with Gasteiger partial charge in [-0.05, 0) is 45.9 Å². The molecule has 0 spiro atoms. The molecule has 3 heterocycles. The third-order valence-electron chi connectivity index (χ3n) is 6.45. The zero-order valence-corrected chi connectivity index (χ0v) is 20.0. The SMILES string of the molecule is COc1cnc(C(=O)Nc2ccc3c(c2)[C@@]2(C)N=C(N)C(C)(C)S(=O)(=O)[C@@H]2CCO3)c(C)n1. The van der Waals surface area contributed by atoms with Crippen LogP contribution in [-0.2, 0) is 15.4 Å². The van der Waals surface area contributed by atoms with Crippen molar-refractivity contribution in [1.29, 1.82) is 0 Å². The van der Waals surface area contributed by atoms with Crippen LogP contribution in [0.4, 0.5) is 5.69 Å². The third kappa shape index (κ3) is 3.50. The molecule has 2 aliphatic rings. The van der Waals surface area contributed by atoms with E-state index in [1.165, 1.54) is 13.3 Å². The zero-order chi connectivity index (χ0) is 24.2. The number of amidine groups is 1. The van der Waals surface area contributed by atoms with Crippen LogP contribution in [0.15, 0.2) is 29.4 Å². The minimum absolute atomic E-state index is 0.0488. The first kappa shape index (κ1) is 23.0. The molecule has 0 aliphatic carbocycles. The number of carbonyl (C=O) groups excluding carboxylic acids is 1. The van der Waals surface area contributed by atoms with Crippen molar-refractivity contribution in [3.8, 4) is 11.6 Å². The van der Waals surface area contributed by atoms with Crippen LogP contribution in [0.1, 0.15) is 48.9 Å². The van der Waals surface area contributed by atoms with Crippen LogP contribution < -0.4 is 20.5 Å². The number of carbonyl (C=O) groups is 1. The van der Waals surface area contributed by atoms with Gasteiger partial charge in [-0.15, -0.1) is 0 Å². The monoisotopic (exact) mass is 473 g/mol. The van der Waals surface area contributed by atoms with Gasteiger partial charge in [-0.25, -0.2) is 18.4 Å². The van der Waals surface area contributed by atoms with E-state index in [-0.39, 0.29) is 24.6 Å². The number of fused-ring (bicyclic) bond motifs is 3. The number of aliphatic imine (C=N–C) groups is 1. The minimum atomic E-state index is -3.68. The number of nitrogens with zero attached hydrogens (tertiary/aromatic N) is 3. The van der Waals surface area contributed by atoms with Crippen LogP contribution >= 0.6 is 0 Å². The summed E-state index contributed by atoms with van der Waals surface area (Å²) in [5.41, 5.74) is 6.54. The molecule has 176 valence electrons. The van der Waals surface area contributed by atoms with Gasteiger partial charge in [-0.3, -0.25) is 9.79 Å². The standard InChI is InChI=1S/C22H27N5O5S/c1-12-18(24-11-17(25-12)31-5)19(28)26-13-6-7-15-14(10-13)22(4)16(8-9-32-15)33(29,30)21(2,3)20(23)27-22/h6-7,10-11,16H,8-9H2,1-5H3,(H2,23,27)(H,26,28)/t16-,22-/m1/s1. The largest absolute Gasteiger partial charge is 0.493 e. The number of hydrogen-bond donors (Lipinski definition) is 2. The van der Waals surface area contributed by atoms with Crippen molar-refractivity contribution in [2.75, 3.05) is 19.0 Å².